The number of nitrogens with zero attached hydrogens (tertiary/aromatic N) is 2. The number of halogens is 1. The lowest BCUT2D eigenvalue weighted by atomic mass is 9.87. The first-order valence-electron chi connectivity index (χ1n) is 10.8. The zero-order chi connectivity index (χ0) is 21.8. The maximum Gasteiger partial charge on any atom is 0.410 e. The van der Waals surface area contributed by atoms with Crippen molar-refractivity contribution in [3.63, 3.8) is 0 Å². The van der Waals surface area contributed by atoms with Gasteiger partial charge in [0.2, 0.25) is 0 Å². The van der Waals surface area contributed by atoms with E-state index in [0.29, 0.717) is 38.8 Å². The van der Waals surface area contributed by atoms with E-state index in [2.05, 4.69) is 42.2 Å². The molecule has 1 fully saturated rings. The monoisotopic (exact) mass is 412 g/mol. The number of carbonyl (C=O) groups excluding carboxylic acids is 1. The van der Waals surface area contributed by atoms with E-state index in [4.69, 9.17) is 4.74 Å². The van der Waals surface area contributed by atoms with Crippen molar-refractivity contribution in [2.75, 3.05) is 13.1 Å². The van der Waals surface area contributed by atoms with Gasteiger partial charge >= 0.3 is 6.09 Å². The summed E-state index contributed by atoms with van der Waals surface area (Å²) < 4.78 is 20.7. The van der Waals surface area contributed by atoms with Crippen LogP contribution in [0.1, 0.15) is 62.3 Å². The minimum Gasteiger partial charge on any atom is -0.444 e. The summed E-state index contributed by atoms with van der Waals surface area (Å²) >= 11 is 0. The minimum atomic E-state index is -1.24. The molecule has 2 aromatic rings. The van der Waals surface area contributed by atoms with Crippen molar-refractivity contribution in [3.05, 3.63) is 65.0 Å². The third kappa shape index (κ3) is 6.54. The van der Waals surface area contributed by atoms with Gasteiger partial charge in [0.1, 0.15) is 11.3 Å². The van der Waals surface area contributed by atoms with Gasteiger partial charge in [0.25, 0.3) is 0 Å². The molecule has 1 aliphatic rings. The van der Waals surface area contributed by atoms with Gasteiger partial charge in [-0.1, -0.05) is 35.9 Å². The molecule has 0 spiro atoms. The number of rotatable bonds is 5. The van der Waals surface area contributed by atoms with Crippen LogP contribution in [0.2, 0.25) is 0 Å². The number of pyridine rings is 1. The average molecular weight is 413 g/mol. The van der Waals surface area contributed by atoms with E-state index in [1.54, 1.807) is 4.90 Å². The second-order valence-electron chi connectivity index (χ2n) is 9.48. The first-order chi connectivity index (χ1) is 14.1. The molecule has 30 heavy (non-hydrogen) atoms. The van der Waals surface area contributed by atoms with Gasteiger partial charge in [0, 0.05) is 25.5 Å². The summed E-state index contributed by atoms with van der Waals surface area (Å²) in [5.74, 6) is 0. The molecule has 0 aliphatic carbocycles. The van der Waals surface area contributed by atoms with E-state index in [9.17, 15) is 4.79 Å². The van der Waals surface area contributed by atoms with E-state index < -0.39 is 11.3 Å². The number of aryl methyl sites for hydroxylation is 2. The number of amides is 1. The number of benzene rings is 1. The molecule has 1 aromatic carbocycles. The molecule has 1 aliphatic heterocycles. The number of hydrogen-bond donors (Lipinski definition) is 0. The Bertz CT molecular complexity index is 850. The molecule has 5 heteroatoms. The highest BCUT2D eigenvalue weighted by atomic mass is 19.1. The molecule has 1 aromatic heterocycles. The van der Waals surface area contributed by atoms with Crippen LogP contribution >= 0.6 is 0 Å². The largest absolute Gasteiger partial charge is 0.444 e. The summed E-state index contributed by atoms with van der Waals surface area (Å²) in [5, 5.41) is 0. The number of piperidine rings is 1. The quantitative estimate of drug-likeness (QED) is 0.637. The number of aromatic nitrogens is 1. The fraction of sp³-hybridized carbons (Fsp3) is 0.520. The Balaban J connectivity index is 1.52. The smallest absolute Gasteiger partial charge is 0.410 e. The number of alkyl halides is 1. The molecule has 2 heterocycles. The third-order valence-electron chi connectivity index (χ3n) is 5.55. The van der Waals surface area contributed by atoms with Crippen LogP contribution in [0, 0.1) is 6.92 Å². The Morgan fingerprint density at radius 1 is 1.10 bits per heavy atom. The zero-order valence-electron chi connectivity index (χ0n) is 18.6. The zero-order valence-corrected chi connectivity index (χ0v) is 18.6. The van der Waals surface area contributed by atoms with Gasteiger partial charge in [0.05, 0.1) is 0 Å². The Labute approximate surface area is 179 Å². The Morgan fingerprint density at radius 3 is 2.37 bits per heavy atom. The molecule has 0 atom stereocenters. The molecule has 162 valence electrons. The second kappa shape index (κ2) is 9.15. The predicted molar refractivity (Wildman–Crippen MR) is 117 cm³/mol. The Kier molecular flexibility index (Phi) is 6.79. The highest BCUT2D eigenvalue weighted by Crippen LogP contribution is 2.32. The first kappa shape index (κ1) is 22.3. The molecule has 3 rings (SSSR count). The lowest BCUT2D eigenvalue weighted by molar-refractivity contribution is 0.00155. The molecule has 4 nitrogen and oxygen atoms in total. The van der Waals surface area contributed by atoms with Gasteiger partial charge in [-0.05, 0) is 76.5 Å². The molecular weight excluding hydrogens is 379 g/mol. The molecule has 1 saturated heterocycles. The highest BCUT2D eigenvalue weighted by molar-refractivity contribution is 5.68. The van der Waals surface area contributed by atoms with Gasteiger partial charge in [0.15, 0.2) is 0 Å². The normalized spacial score (nSPS) is 16.4. The summed E-state index contributed by atoms with van der Waals surface area (Å²) in [6.45, 7) is 8.41. The number of ether oxygens (including phenoxy) is 1. The van der Waals surface area contributed by atoms with Crippen molar-refractivity contribution in [1.29, 1.82) is 0 Å². The van der Waals surface area contributed by atoms with Crippen LogP contribution in [0.25, 0.3) is 0 Å². The van der Waals surface area contributed by atoms with Crippen LogP contribution in [0.3, 0.4) is 0 Å². The standard InChI is InChI=1S/C25H33FN2O2/c1-19-5-7-20(8-6-19)15-22-16-21(17-27-18-22)9-10-25(26)11-13-28(14-12-25)23(29)30-24(2,3)4/h5-8,16-18H,9-15H2,1-4H3. The fourth-order valence-electron chi connectivity index (χ4n) is 3.75. The lowest BCUT2D eigenvalue weighted by Gasteiger charge is -2.37. The SMILES string of the molecule is Cc1ccc(Cc2cncc(CCC3(F)CCN(C(=O)OC(C)(C)C)CC3)c2)cc1. The van der Waals surface area contributed by atoms with Crippen molar-refractivity contribution in [3.8, 4) is 0 Å². The molecule has 1 amide bonds. The van der Waals surface area contributed by atoms with E-state index in [1.165, 1.54) is 11.1 Å². The van der Waals surface area contributed by atoms with Crippen molar-refractivity contribution in [2.24, 2.45) is 0 Å². The van der Waals surface area contributed by atoms with Crippen molar-refractivity contribution in [2.45, 2.75) is 71.1 Å². The summed E-state index contributed by atoms with van der Waals surface area (Å²) in [4.78, 5) is 18.2. The summed E-state index contributed by atoms with van der Waals surface area (Å²) in [5.41, 5.74) is 2.92. The maximum atomic E-state index is 15.3. The fourth-order valence-corrected chi connectivity index (χ4v) is 3.75. The minimum absolute atomic E-state index is 0.349. The van der Waals surface area contributed by atoms with E-state index in [0.717, 1.165) is 17.5 Å². The van der Waals surface area contributed by atoms with Crippen molar-refractivity contribution >= 4 is 6.09 Å². The Hall–Kier alpha value is -2.43. The predicted octanol–water partition coefficient (Wildman–Crippen LogP) is 5.65. The Morgan fingerprint density at radius 2 is 1.73 bits per heavy atom. The van der Waals surface area contributed by atoms with Crippen molar-refractivity contribution < 1.29 is 13.9 Å². The summed E-state index contributed by atoms with van der Waals surface area (Å²) in [7, 11) is 0. The van der Waals surface area contributed by atoms with Gasteiger partial charge in [-0.25, -0.2) is 9.18 Å². The van der Waals surface area contributed by atoms with E-state index in [-0.39, 0.29) is 6.09 Å². The van der Waals surface area contributed by atoms with Gasteiger partial charge < -0.3 is 9.64 Å². The highest BCUT2D eigenvalue weighted by Gasteiger charge is 2.36. The van der Waals surface area contributed by atoms with Crippen LogP contribution in [0.4, 0.5) is 9.18 Å². The topological polar surface area (TPSA) is 42.4 Å². The third-order valence-corrected chi connectivity index (χ3v) is 5.55. The van der Waals surface area contributed by atoms with Crippen LogP contribution in [0.5, 0.6) is 0 Å². The molecular formula is C25H33FN2O2. The first-order valence-corrected chi connectivity index (χ1v) is 10.8. The van der Waals surface area contributed by atoms with Gasteiger partial charge in [-0.3, -0.25) is 4.98 Å². The molecule has 0 bridgehead atoms. The average Bonchev–Trinajstić information content (AvgIpc) is 2.68. The summed E-state index contributed by atoms with van der Waals surface area (Å²) in [6.07, 6.45) is 5.99. The molecule has 0 N–H and O–H groups in total. The summed E-state index contributed by atoms with van der Waals surface area (Å²) in [6, 6.07) is 10.6. The van der Waals surface area contributed by atoms with E-state index >= 15 is 4.39 Å². The van der Waals surface area contributed by atoms with Crippen molar-refractivity contribution in [1.82, 2.24) is 9.88 Å². The molecule has 0 unspecified atom stereocenters. The maximum absolute atomic E-state index is 15.3. The van der Waals surface area contributed by atoms with Crippen LogP contribution in [-0.4, -0.2) is 40.3 Å². The lowest BCUT2D eigenvalue weighted by Crippen LogP contribution is -2.46. The van der Waals surface area contributed by atoms with Gasteiger partial charge in [-0.2, -0.15) is 0 Å². The number of hydrogen-bond acceptors (Lipinski definition) is 3. The van der Waals surface area contributed by atoms with Crippen LogP contribution in [0.15, 0.2) is 42.7 Å². The van der Waals surface area contributed by atoms with Gasteiger partial charge in [-0.15, -0.1) is 0 Å². The van der Waals surface area contributed by atoms with Crippen LogP contribution in [-0.2, 0) is 17.6 Å². The molecule has 0 radical (unpaired) electrons. The molecule has 0 saturated carbocycles. The second-order valence-corrected chi connectivity index (χ2v) is 9.48. The van der Waals surface area contributed by atoms with E-state index in [1.807, 2.05) is 33.2 Å². The number of likely N-dealkylation sites (tertiary alicyclic amines) is 1. The number of carbonyl (C=O) groups is 1. The van der Waals surface area contributed by atoms with Crippen LogP contribution < -0.4 is 0 Å².